The molecule has 2 N–H and O–H groups in total. The summed E-state index contributed by atoms with van der Waals surface area (Å²) in [6.45, 7) is 0. The first-order valence-electron chi connectivity index (χ1n) is 8.44. The van der Waals surface area contributed by atoms with E-state index in [1.165, 1.54) is 14.2 Å². The molecule has 0 aliphatic heterocycles. The Morgan fingerprint density at radius 1 is 0.923 bits per heavy atom. The summed E-state index contributed by atoms with van der Waals surface area (Å²) in [4.78, 5) is 12.0. The zero-order chi connectivity index (χ0) is 18.9. The largest absolute Gasteiger partial charge is 0.504 e. The maximum Gasteiger partial charge on any atom is 0.160 e. The zero-order valence-corrected chi connectivity index (χ0v) is 15.1. The molecule has 0 aliphatic carbocycles. The van der Waals surface area contributed by atoms with Gasteiger partial charge in [0.05, 0.1) is 14.2 Å². The van der Waals surface area contributed by atoms with Crippen molar-refractivity contribution in [2.24, 2.45) is 0 Å². The van der Waals surface area contributed by atoms with Gasteiger partial charge < -0.3 is 19.7 Å². The molecule has 5 heteroatoms. The van der Waals surface area contributed by atoms with Crippen LogP contribution in [0.25, 0.3) is 0 Å². The van der Waals surface area contributed by atoms with E-state index in [1.807, 2.05) is 12.1 Å². The summed E-state index contributed by atoms with van der Waals surface area (Å²) < 4.78 is 10.1. The van der Waals surface area contributed by atoms with Gasteiger partial charge >= 0.3 is 0 Å². The molecule has 2 aromatic carbocycles. The molecule has 2 rings (SSSR count). The second kappa shape index (κ2) is 9.51. The lowest BCUT2D eigenvalue weighted by molar-refractivity contribution is -0.114. The summed E-state index contributed by atoms with van der Waals surface area (Å²) in [6, 6.07) is 10.3. The van der Waals surface area contributed by atoms with Gasteiger partial charge in [0, 0.05) is 6.42 Å². The molecule has 138 valence electrons. The second-order valence-corrected chi connectivity index (χ2v) is 5.92. The number of phenols is 2. The normalized spacial score (nSPS) is 10.8. The Hall–Kier alpha value is -2.95. The minimum Gasteiger partial charge on any atom is -0.504 e. The molecular formula is C21H24O5. The van der Waals surface area contributed by atoms with Crippen LogP contribution in [0.2, 0.25) is 0 Å². The standard InChI is InChI=1S/C21H24O5/c1-25-20-13-15(8-11-18(20)23)5-3-4-6-17(22)10-7-16-9-12-19(24)21(14-16)26-2/h4,6,8-9,11-14,23-24H,3,5,7,10H2,1-2H3/b6-4-. The molecule has 0 radical (unpaired) electrons. The average Bonchev–Trinajstić information content (AvgIpc) is 2.65. The SMILES string of the molecule is COc1cc(CC/C=C\C(=O)CCc2ccc(O)c(OC)c2)ccc1O. The third kappa shape index (κ3) is 5.55. The van der Waals surface area contributed by atoms with E-state index in [-0.39, 0.29) is 17.3 Å². The van der Waals surface area contributed by atoms with Crippen LogP contribution in [0.15, 0.2) is 48.6 Å². The van der Waals surface area contributed by atoms with Crippen LogP contribution >= 0.6 is 0 Å². The van der Waals surface area contributed by atoms with Gasteiger partial charge in [-0.1, -0.05) is 18.2 Å². The van der Waals surface area contributed by atoms with Gasteiger partial charge in [-0.25, -0.2) is 0 Å². The molecule has 0 amide bonds. The van der Waals surface area contributed by atoms with E-state index in [9.17, 15) is 15.0 Å². The molecule has 0 saturated heterocycles. The number of carbonyl (C=O) groups excluding carboxylic acids is 1. The van der Waals surface area contributed by atoms with Crippen molar-refractivity contribution in [2.75, 3.05) is 14.2 Å². The summed E-state index contributed by atoms with van der Waals surface area (Å²) in [5, 5.41) is 19.1. The highest BCUT2D eigenvalue weighted by Gasteiger charge is 2.05. The smallest absolute Gasteiger partial charge is 0.160 e. The molecule has 0 aliphatic rings. The number of phenolic OH excluding ortho intramolecular Hbond substituents is 2. The number of methoxy groups -OCH3 is 2. The molecule has 2 aromatic rings. The molecule has 0 saturated carbocycles. The first-order chi connectivity index (χ1) is 12.5. The predicted molar refractivity (Wildman–Crippen MR) is 100 cm³/mol. The van der Waals surface area contributed by atoms with Crippen LogP contribution in [0.3, 0.4) is 0 Å². The van der Waals surface area contributed by atoms with Crippen molar-refractivity contribution in [1.29, 1.82) is 0 Å². The molecule has 0 atom stereocenters. The van der Waals surface area contributed by atoms with Gasteiger partial charge in [-0.3, -0.25) is 4.79 Å². The Morgan fingerprint density at radius 2 is 1.46 bits per heavy atom. The lowest BCUT2D eigenvalue weighted by atomic mass is 10.1. The molecule has 0 spiro atoms. The Bertz CT molecular complexity index is 780. The number of benzene rings is 2. The maximum absolute atomic E-state index is 12.0. The molecule has 0 heterocycles. The third-order valence-corrected chi connectivity index (χ3v) is 4.05. The van der Waals surface area contributed by atoms with Crippen molar-refractivity contribution >= 4 is 5.78 Å². The molecule has 0 bridgehead atoms. The summed E-state index contributed by atoms with van der Waals surface area (Å²) in [6.07, 6.45) is 5.95. The van der Waals surface area contributed by atoms with Crippen molar-refractivity contribution in [3.8, 4) is 23.0 Å². The lowest BCUT2D eigenvalue weighted by Crippen LogP contribution is -1.97. The van der Waals surface area contributed by atoms with Gasteiger partial charge in [0.1, 0.15) is 0 Å². The van der Waals surface area contributed by atoms with Gasteiger partial charge in [0.15, 0.2) is 28.8 Å². The molecular weight excluding hydrogens is 332 g/mol. The first-order valence-corrected chi connectivity index (χ1v) is 8.44. The van der Waals surface area contributed by atoms with Crippen molar-refractivity contribution in [1.82, 2.24) is 0 Å². The van der Waals surface area contributed by atoms with Gasteiger partial charge in [0.2, 0.25) is 0 Å². The number of rotatable bonds is 9. The number of carbonyl (C=O) groups is 1. The second-order valence-electron chi connectivity index (χ2n) is 5.92. The number of hydrogen-bond donors (Lipinski definition) is 2. The Balaban J connectivity index is 1.79. The molecule has 5 nitrogen and oxygen atoms in total. The number of aromatic hydroxyl groups is 2. The van der Waals surface area contributed by atoms with Gasteiger partial charge in [-0.05, 0) is 60.7 Å². The van der Waals surface area contributed by atoms with E-state index in [0.29, 0.717) is 24.3 Å². The number of allylic oxidation sites excluding steroid dienone is 2. The summed E-state index contributed by atoms with van der Waals surface area (Å²) in [5.74, 6) is 1.13. The highest BCUT2D eigenvalue weighted by atomic mass is 16.5. The minimum atomic E-state index is 0.0559. The summed E-state index contributed by atoms with van der Waals surface area (Å²) in [7, 11) is 3.01. The molecule has 0 fully saturated rings. The average molecular weight is 356 g/mol. The highest BCUT2D eigenvalue weighted by molar-refractivity contribution is 5.89. The van der Waals surface area contributed by atoms with E-state index < -0.39 is 0 Å². The zero-order valence-electron chi connectivity index (χ0n) is 15.1. The van der Waals surface area contributed by atoms with Crippen LogP contribution in [-0.2, 0) is 17.6 Å². The fourth-order valence-electron chi connectivity index (χ4n) is 2.57. The minimum absolute atomic E-state index is 0.0559. The monoisotopic (exact) mass is 356 g/mol. The van der Waals surface area contributed by atoms with E-state index in [4.69, 9.17) is 9.47 Å². The Kier molecular flexibility index (Phi) is 7.09. The van der Waals surface area contributed by atoms with E-state index >= 15 is 0 Å². The fourth-order valence-corrected chi connectivity index (χ4v) is 2.57. The first kappa shape index (κ1) is 19.4. The summed E-state index contributed by atoms with van der Waals surface area (Å²) in [5.41, 5.74) is 1.98. The van der Waals surface area contributed by atoms with Gasteiger partial charge in [-0.2, -0.15) is 0 Å². The number of ketones is 1. The van der Waals surface area contributed by atoms with Crippen LogP contribution in [0.5, 0.6) is 23.0 Å². The number of hydrogen-bond acceptors (Lipinski definition) is 5. The van der Waals surface area contributed by atoms with Crippen molar-refractivity contribution < 1.29 is 24.5 Å². The van der Waals surface area contributed by atoms with Crippen LogP contribution in [-0.4, -0.2) is 30.2 Å². The van der Waals surface area contributed by atoms with Gasteiger partial charge in [-0.15, -0.1) is 0 Å². The highest BCUT2D eigenvalue weighted by Crippen LogP contribution is 2.27. The van der Waals surface area contributed by atoms with Crippen LogP contribution < -0.4 is 9.47 Å². The van der Waals surface area contributed by atoms with Crippen molar-refractivity contribution in [2.45, 2.75) is 25.7 Å². The third-order valence-electron chi connectivity index (χ3n) is 4.05. The van der Waals surface area contributed by atoms with E-state index in [2.05, 4.69) is 0 Å². The Morgan fingerprint density at radius 3 is 2.00 bits per heavy atom. The molecule has 26 heavy (non-hydrogen) atoms. The molecule has 0 aromatic heterocycles. The molecule has 0 unspecified atom stereocenters. The topological polar surface area (TPSA) is 76.0 Å². The lowest BCUT2D eigenvalue weighted by Gasteiger charge is -2.06. The summed E-state index contributed by atoms with van der Waals surface area (Å²) >= 11 is 0. The predicted octanol–water partition coefficient (Wildman–Crippen LogP) is 3.81. The van der Waals surface area contributed by atoms with Crippen LogP contribution in [0.4, 0.5) is 0 Å². The van der Waals surface area contributed by atoms with Crippen LogP contribution in [0, 0.1) is 0 Å². The maximum atomic E-state index is 12.0. The van der Waals surface area contributed by atoms with Gasteiger partial charge in [0.25, 0.3) is 0 Å². The van der Waals surface area contributed by atoms with E-state index in [0.717, 1.165) is 24.0 Å². The number of aryl methyl sites for hydroxylation is 2. The fraction of sp³-hybridized carbons (Fsp3) is 0.286. The van der Waals surface area contributed by atoms with Crippen molar-refractivity contribution in [3.05, 3.63) is 59.7 Å². The number of ether oxygens (including phenoxy) is 2. The van der Waals surface area contributed by atoms with Crippen LogP contribution in [0.1, 0.15) is 24.0 Å². The Labute approximate surface area is 153 Å². The quantitative estimate of drug-likeness (QED) is 0.668. The van der Waals surface area contributed by atoms with E-state index in [1.54, 1.807) is 36.4 Å². The van der Waals surface area contributed by atoms with Crippen molar-refractivity contribution in [3.63, 3.8) is 0 Å².